The van der Waals surface area contributed by atoms with Gasteiger partial charge in [-0.25, -0.2) is 14.6 Å². The summed E-state index contributed by atoms with van der Waals surface area (Å²) in [5.41, 5.74) is 4.79. The molecule has 0 unspecified atom stereocenters. The maximum atomic E-state index is 14.1. The minimum atomic E-state index is -0.925. The highest BCUT2D eigenvalue weighted by Crippen LogP contribution is 2.26. The number of benzene rings is 1. The van der Waals surface area contributed by atoms with Crippen LogP contribution in [-0.2, 0) is 22.4 Å². The number of piperazine rings is 1. The molecule has 0 saturated carbocycles. The van der Waals surface area contributed by atoms with Gasteiger partial charge in [0.05, 0.1) is 0 Å². The molecule has 4 aliphatic rings. The van der Waals surface area contributed by atoms with Gasteiger partial charge < -0.3 is 34.5 Å². The van der Waals surface area contributed by atoms with Crippen LogP contribution < -0.4 is 10.6 Å². The molecule has 3 saturated heterocycles. The first-order chi connectivity index (χ1) is 22.9. The number of anilines is 1. The largest absolute Gasteiger partial charge is 0.436 e. The van der Waals surface area contributed by atoms with Crippen LogP contribution in [0.5, 0.6) is 0 Å². The molecule has 7 rings (SSSR count). The van der Waals surface area contributed by atoms with Crippen LogP contribution in [0.2, 0.25) is 0 Å². The topological polar surface area (TPSA) is 115 Å². The van der Waals surface area contributed by atoms with Crippen molar-refractivity contribution in [1.82, 2.24) is 34.3 Å². The van der Waals surface area contributed by atoms with E-state index < -0.39 is 12.2 Å². The van der Waals surface area contributed by atoms with E-state index in [0.717, 1.165) is 73.5 Å². The number of hydrogen-bond donors (Lipinski definition) is 2. The Kier molecular flexibility index (Phi) is 9.30. The molecule has 12 heteroatoms. The van der Waals surface area contributed by atoms with E-state index in [4.69, 9.17) is 4.74 Å². The molecule has 0 aliphatic carbocycles. The van der Waals surface area contributed by atoms with E-state index in [9.17, 15) is 14.4 Å². The van der Waals surface area contributed by atoms with Crippen LogP contribution in [0, 0.1) is 6.92 Å². The first-order valence-electron chi connectivity index (χ1n) is 17.2. The summed E-state index contributed by atoms with van der Waals surface area (Å²) >= 11 is 0. The number of likely N-dealkylation sites (tertiary alicyclic amines) is 2. The molecular weight excluding hydrogens is 596 g/mol. The number of rotatable bonds is 6. The van der Waals surface area contributed by atoms with Crippen molar-refractivity contribution >= 4 is 29.4 Å². The normalized spacial score (nSPS) is 20.9. The molecule has 0 radical (unpaired) electrons. The van der Waals surface area contributed by atoms with Gasteiger partial charge in [-0.3, -0.25) is 9.69 Å². The highest BCUT2D eigenvalue weighted by atomic mass is 16.6. The molecule has 47 heavy (non-hydrogen) atoms. The Balaban J connectivity index is 1.00. The fourth-order valence-corrected chi connectivity index (χ4v) is 7.78. The van der Waals surface area contributed by atoms with Gasteiger partial charge in [0.25, 0.3) is 5.91 Å². The van der Waals surface area contributed by atoms with E-state index in [1.165, 1.54) is 0 Å². The number of urea groups is 1. The summed E-state index contributed by atoms with van der Waals surface area (Å²) in [6.45, 7) is 9.01. The predicted octanol–water partition coefficient (Wildman–Crippen LogP) is 3.14. The first-order valence-corrected chi connectivity index (χ1v) is 17.2. The average molecular weight is 643 g/mol. The van der Waals surface area contributed by atoms with Crippen molar-refractivity contribution in [2.24, 2.45) is 0 Å². The number of piperidine rings is 2. The summed E-state index contributed by atoms with van der Waals surface area (Å²) < 4.78 is 8.06. The third-order valence-corrected chi connectivity index (χ3v) is 10.4. The average Bonchev–Trinajstić information content (AvgIpc) is 3.52. The number of aryl methyl sites for hydroxylation is 1. The fraction of sp³-hybridized carbons (Fsp3) is 0.543. The second-order valence-corrected chi connectivity index (χ2v) is 13.4. The van der Waals surface area contributed by atoms with Gasteiger partial charge in [0.15, 0.2) is 6.10 Å². The van der Waals surface area contributed by atoms with Crippen molar-refractivity contribution in [2.45, 2.75) is 63.6 Å². The molecular formula is C35H46N8O4. The maximum Gasteiger partial charge on any atom is 0.410 e. The van der Waals surface area contributed by atoms with Gasteiger partial charge in [-0.2, -0.15) is 0 Å². The lowest BCUT2D eigenvalue weighted by Gasteiger charge is -2.41. The monoisotopic (exact) mass is 642 g/mol. The third-order valence-electron chi connectivity index (χ3n) is 10.4. The number of imidazole rings is 1. The molecule has 6 heterocycles. The summed E-state index contributed by atoms with van der Waals surface area (Å²) in [5, 5.41) is 6.48. The van der Waals surface area contributed by atoms with E-state index in [1.807, 2.05) is 57.8 Å². The summed E-state index contributed by atoms with van der Waals surface area (Å²) in [7, 11) is 0. The minimum Gasteiger partial charge on any atom is -0.436 e. The molecule has 1 atom stereocenters. The van der Waals surface area contributed by atoms with E-state index >= 15 is 0 Å². The van der Waals surface area contributed by atoms with Crippen LogP contribution in [0.4, 0.5) is 15.3 Å². The lowest BCUT2D eigenvalue weighted by Crippen LogP contribution is -2.54. The second-order valence-electron chi connectivity index (χ2n) is 13.4. The number of fused-ring (bicyclic) bond motifs is 2. The first kappa shape index (κ1) is 31.4. The predicted molar refractivity (Wildman–Crippen MR) is 178 cm³/mol. The van der Waals surface area contributed by atoms with Crippen LogP contribution >= 0.6 is 0 Å². The molecule has 2 N–H and O–H groups in total. The molecule has 2 aromatic heterocycles. The Morgan fingerprint density at radius 2 is 1.68 bits per heavy atom. The number of nitrogens with one attached hydrogen (secondary N) is 2. The van der Waals surface area contributed by atoms with Crippen molar-refractivity contribution in [3.8, 4) is 0 Å². The Morgan fingerprint density at radius 1 is 0.957 bits per heavy atom. The lowest BCUT2D eigenvalue weighted by atomic mass is 10.0. The number of pyridine rings is 1. The summed E-state index contributed by atoms with van der Waals surface area (Å²) in [6.07, 6.45) is 8.48. The number of aromatic nitrogens is 2. The zero-order chi connectivity index (χ0) is 32.3. The van der Waals surface area contributed by atoms with E-state index in [1.54, 1.807) is 11.1 Å². The summed E-state index contributed by atoms with van der Waals surface area (Å²) in [4.78, 5) is 53.3. The van der Waals surface area contributed by atoms with Gasteiger partial charge in [0.1, 0.15) is 5.65 Å². The van der Waals surface area contributed by atoms with Crippen molar-refractivity contribution < 1.29 is 19.1 Å². The molecule has 1 aromatic carbocycles. The van der Waals surface area contributed by atoms with E-state index in [2.05, 4.69) is 26.6 Å². The Labute approximate surface area is 276 Å². The van der Waals surface area contributed by atoms with Crippen LogP contribution in [-0.4, -0.2) is 124 Å². The minimum absolute atomic E-state index is 0.0349. The molecule has 4 aliphatic heterocycles. The Bertz CT molecular complexity index is 1590. The highest BCUT2D eigenvalue weighted by molar-refractivity contribution is 5.91. The SMILES string of the molecule is Cc1cc(C[C@@H](OC(=O)N2CCC(N3CCc4ccccc4NC3=O)CC2)C(=O)N2CCC(N3CCNCC3)CC2)cn2ccnc12. The molecule has 12 nitrogen and oxygen atoms in total. The number of para-hydroxylation sites is 1. The molecule has 0 spiro atoms. The second kappa shape index (κ2) is 13.9. The van der Waals surface area contributed by atoms with Crippen molar-refractivity contribution in [3.05, 3.63) is 65.6 Å². The van der Waals surface area contributed by atoms with Crippen LogP contribution in [0.15, 0.2) is 48.9 Å². The molecule has 0 bridgehead atoms. The van der Waals surface area contributed by atoms with Gasteiger partial charge in [0.2, 0.25) is 0 Å². The lowest BCUT2D eigenvalue weighted by molar-refractivity contribution is -0.142. The third kappa shape index (κ3) is 6.94. The summed E-state index contributed by atoms with van der Waals surface area (Å²) in [6, 6.07) is 10.4. The Hall–Kier alpha value is -4.16. The highest BCUT2D eigenvalue weighted by Gasteiger charge is 2.36. The van der Waals surface area contributed by atoms with Crippen LogP contribution in [0.1, 0.15) is 42.4 Å². The van der Waals surface area contributed by atoms with Crippen LogP contribution in [0.25, 0.3) is 5.65 Å². The van der Waals surface area contributed by atoms with Gasteiger partial charge >= 0.3 is 12.1 Å². The fourth-order valence-electron chi connectivity index (χ4n) is 7.78. The van der Waals surface area contributed by atoms with Gasteiger partial charge in [-0.1, -0.05) is 24.3 Å². The Morgan fingerprint density at radius 3 is 2.47 bits per heavy atom. The number of ether oxygens (including phenoxy) is 1. The van der Waals surface area contributed by atoms with E-state index in [-0.39, 0.29) is 18.0 Å². The molecule has 3 aromatic rings. The molecule has 4 amide bonds. The number of carbonyl (C=O) groups excluding carboxylic acids is 3. The van der Waals surface area contributed by atoms with Gasteiger partial charge in [-0.05, 0) is 61.8 Å². The zero-order valence-corrected chi connectivity index (χ0v) is 27.3. The smallest absolute Gasteiger partial charge is 0.410 e. The van der Waals surface area contributed by atoms with Gasteiger partial charge in [0, 0.05) is 102 Å². The van der Waals surface area contributed by atoms with Crippen LogP contribution in [0.3, 0.4) is 0 Å². The van der Waals surface area contributed by atoms with Crippen molar-refractivity contribution in [1.29, 1.82) is 0 Å². The summed E-state index contributed by atoms with van der Waals surface area (Å²) in [5.74, 6) is -0.129. The van der Waals surface area contributed by atoms with E-state index in [0.29, 0.717) is 58.0 Å². The standard InChI is InChI=1S/C35H46N8O4/c1-25-22-26(24-42-21-13-37-32(25)42)23-31(33(44)40-14-7-28(8-15-40)39-19-11-36-12-20-39)47-35(46)41-16-9-29(10-17-41)43-18-6-27-4-2-3-5-30(27)38-34(43)45/h2-5,13,21-22,24,28-29,31,36H,6-12,14-20,23H2,1H3,(H,38,45)/t31-/m1/s1. The van der Waals surface area contributed by atoms with Crippen molar-refractivity contribution in [2.75, 3.05) is 64.2 Å². The number of carbonyl (C=O) groups is 3. The maximum absolute atomic E-state index is 14.1. The van der Waals surface area contributed by atoms with Gasteiger partial charge in [-0.15, -0.1) is 0 Å². The quantitative estimate of drug-likeness (QED) is 0.425. The molecule has 3 fully saturated rings. The molecule has 250 valence electrons. The van der Waals surface area contributed by atoms with Crippen molar-refractivity contribution in [3.63, 3.8) is 0 Å². The number of amides is 4. The number of nitrogens with zero attached hydrogens (tertiary/aromatic N) is 6. The number of hydrogen-bond acceptors (Lipinski definition) is 7. The zero-order valence-electron chi connectivity index (χ0n) is 27.3.